The van der Waals surface area contributed by atoms with Crippen LogP contribution in [0.1, 0.15) is 214 Å². The van der Waals surface area contributed by atoms with E-state index in [0.29, 0.717) is 6.42 Å². The summed E-state index contributed by atoms with van der Waals surface area (Å²) in [5.41, 5.74) is -1.25. The lowest BCUT2D eigenvalue weighted by molar-refractivity contribution is 0.445. The Morgan fingerprint density at radius 2 is 0.492 bits per heavy atom. The summed E-state index contributed by atoms with van der Waals surface area (Å²) in [5, 5.41) is 0. The molecule has 0 aromatic rings. The van der Waals surface area contributed by atoms with Crippen LogP contribution in [0, 0.1) is 189 Å². The van der Waals surface area contributed by atoms with E-state index in [1.54, 1.807) is 0 Å². The van der Waals surface area contributed by atoms with E-state index in [2.05, 4.69) is 212 Å². The van der Waals surface area contributed by atoms with E-state index in [-0.39, 0.29) is 0 Å². The fourth-order valence-electron chi connectivity index (χ4n) is 6.00. The van der Waals surface area contributed by atoms with Crippen molar-refractivity contribution in [1.82, 2.24) is 0 Å². The zero-order valence-electron chi connectivity index (χ0n) is 40.9. The van der Waals surface area contributed by atoms with Crippen LogP contribution < -0.4 is 0 Å². The molecule has 0 saturated heterocycles. The molecule has 0 heteroatoms. The van der Waals surface area contributed by atoms with Crippen molar-refractivity contribution in [2.75, 3.05) is 0 Å². The summed E-state index contributed by atoms with van der Waals surface area (Å²) < 4.78 is 0. The first kappa shape index (κ1) is 58.4. The van der Waals surface area contributed by atoms with Crippen LogP contribution in [0.2, 0.25) is 0 Å². The summed E-state index contributed by atoms with van der Waals surface area (Å²) in [6.45, 7) is 11.0. The van der Waals surface area contributed by atoms with Crippen molar-refractivity contribution < 1.29 is 0 Å². The van der Waals surface area contributed by atoms with Crippen molar-refractivity contribution in [2.24, 2.45) is 11.3 Å². The summed E-state index contributed by atoms with van der Waals surface area (Å²) in [7, 11) is 0. The third kappa shape index (κ3) is 41.2. The number of hydrogen-bond donors (Lipinski definition) is 0. The lowest BCUT2D eigenvalue weighted by atomic mass is 9.74. The van der Waals surface area contributed by atoms with Gasteiger partial charge in [-0.3, -0.25) is 0 Å². The van der Waals surface area contributed by atoms with Crippen LogP contribution in [0.4, 0.5) is 0 Å². The Bertz CT molecular complexity index is 2340. The molecule has 2 atom stereocenters. The summed E-state index contributed by atoms with van der Waals surface area (Å²) in [5.74, 6) is 88.8. The van der Waals surface area contributed by atoms with Crippen LogP contribution >= 0.6 is 0 Å². The van der Waals surface area contributed by atoms with Crippen molar-refractivity contribution in [2.45, 2.75) is 214 Å². The van der Waals surface area contributed by atoms with E-state index >= 15 is 0 Å². The smallest absolute Gasteiger partial charge is 0.0891 e. The zero-order valence-corrected chi connectivity index (χ0v) is 40.9. The molecule has 0 fully saturated rings. The maximum absolute atomic E-state index is 3.38. The van der Waals surface area contributed by atoms with Crippen LogP contribution in [-0.4, -0.2) is 0 Å². The summed E-state index contributed by atoms with van der Waals surface area (Å²) >= 11 is 0. The average molecular weight is 853 g/mol. The third-order valence-electron chi connectivity index (χ3n) is 9.74. The van der Waals surface area contributed by atoms with E-state index in [1.165, 1.54) is 83.5 Å². The Morgan fingerprint density at radius 3 is 0.862 bits per heavy atom. The molecule has 332 valence electrons. The highest BCUT2D eigenvalue weighted by Gasteiger charge is 2.33. The molecule has 0 aliphatic carbocycles. The lowest BCUT2D eigenvalue weighted by Crippen LogP contribution is -2.26. The number of rotatable bonds is 25. The Morgan fingerprint density at radius 1 is 0.246 bits per heavy atom. The van der Waals surface area contributed by atoms with Crippen LogP contribution in [-0.2, 0) is 0 Å². The second-order valence-electron chi connectivity index (χ2n) is 15.5. The molecule has 0 N–H and O–H groups in total. The van der Waals surface area contributed by atoms with Gasteiger partial charge in [-0.25, -0.2) is 0 Å². The van der Waals surface area contributed by atoms with E-state index < -0.39 is 11.3 Å². The second-order valence-corrected chi connectivity index (χ2v) is 15.5. The molecule has 0 spiro atoms. The van der Waals surface area contributed by atoms with Gasteiger partial charge >= 0.3 is 0 Å². The zero-order chi connectivity index (χ0) is 47.1. The van der Waals surface area contributed by atoms with Crippen molar-refractivity contribution in [3.63, 3.8) is 0 Å². The van der Waals surface area contributed by atoms with Crippen LogP contribution in [0.3, 0.4) is 0 Å². The molecule has 0 bridgehead atoms. The molecule has 0 rings (SSSR count). The number of unbranched alkanes of at least 4 members (excludes halogenated alkanes) is 22. The van der Waals surface area contributed by atoms with Gasteiger partial charge in [0.25, 0.3) is 0 Å². The predicted octanol–water partition coefficient (Wildman–Crippen LogP) is 13.7. The lowest BCUT2D eigenvalue weighted by Gasteiger charge is -2.23. The molecule has 0 saturated carbocycles. The van der Waals surface area contributed by atoms with Crippen LogP contribution in [0.15, 0.2) is 0 Å². The molecule has 2 unspecified atom stereocenters. The van der Waals surface area contributed by atoms with E-state index in [9.17, 15) is 0 Å². The molecule has 0 radical (unpaired) electrons. The van der Waals surface area contributed by atoms with Gasteiger partial charge in [0, 0.05) is 25.7 Å². The topological polar surface area (TPSA) is 0 Å². The minimum Gasteiger partial charge on any atom is -0.0891 e. The van der Waals surface area contributed by atoms with Crippen molar-refractivity contribution in [3.8, 4) is 178 Å². The van der Waals surface area contributed by atoms with Gasteiger partial charge < -0.3 is 0 Å². The monoisotopic (exact) mass is 853 g/mol. The van der Waals surface area contributed by atoms with Gasteiger partial charge in [0.15, 0.2) is 5.41 Å². The molecule has 0 nitrogen and oxygen atoms in total. The molecule has 0 aromatic carbocycles. The van der Waals surface area contributed by atoms with Gasteiger partial charge in [-0.1, -0.05) is 204 Å². The molecule has 0 heterocycles. The Labute approximate surface area is 401 Å². The van der Waals surface area contributed by atoms with Crippen LogP contribution in [0.5, 0.6) is 0 Å². The molecule has 0 amide bonds. The SMILES string of the molecule is CCCCCC#CC#CC#CC(CCCCCCC)C(C#CC#CC#CC#CC#CC#CCCCCCCCC)(C#CC#CC#CCCCCCC)C#CC#CC#CCCCCCCC. The van der Waals surface area contributed by atoms with Gasteiger partial charge in [-0.15, -0.1) is 0 Å². The highest BCUT2D eigenvalue weighted by atomic mass is 14.3. The summed E-state index contributed by atoms with van der Waals surface area (Å²) in [6.07, 6.45) is 31.0. The Balaban J connectivity index is 7.06. The summed E-state index contributed by atoms with van der Waals surface area (Å²) in [6, 6.07) is 0. The first-order chi connectivity index (χ1) is 32.2. The van der Waals surface area contributed by atoms with E-state index in [0.717, 1.165) is 89.9 Å². The maximum atomic E-state index is 3.38. The van der Waals surface area contributed by atoms with Crippen LogP contribution in [0.25, 0.3) is 0 Å². The average Bonchev–Trinajstić information content (AvgIpc) is 3.31. The predicted molar refractivity (Wildman–Crippen MR) is 280 cm³/mol. The van der Waals surface area contributed by atoms with Gasteiger partial charge in [0.05, 0.1) is 5.92 Å². The highest BCUT2D eigenvalue weighted by molar-refractivity contribution is 5.52. The van der Waals surface area contributed by atoms with Crippen molar-refractivity contribution in [3.05, 3.63) is 0 Å². The maximum Gasteiger partial charge on any atom is 0.168 e. The molecule has 0 aliphatic rings. The van der Waals surface area contributed by atoms with Gasteiger partial charge in [0.2, 0.25) is 0 Å². The Hall–Kier alpha value is -6.60. The Kier molecular flexibility index (Phi) is 45.0. The minimum absolute atomic E-state index is 0.405. The fourth-order valence-corrected chi connectivity index (χ4v) is 6.00. The normalized spacial score (nSPS) is 9.55. The van der Waals surface area contributed by atoms with E-state index in [1.807, 2.05) is 0 Å². The standard InChI is InChI=1S/C65H72/c1-6-11-16-21-25-29-32-33-34-35-36-37-38-40-44-48-53-58-63-65(61-56-51-46-42-31-27-23-18-13-8-3,62-57-52-47-43-39-30-26-22-17-12-7-2)64(59-54-49-20-15-10-5)60-55-50-45-41-28-24-19-14-9-4/h64H,6-27,29-30,32,49,54,59H2,1-5H3. The van der Waals surface area contributed by atoms with Crippen molar-refractivity contribution in [1.29, 1.82) is 0 Å². The third-order valence-corrected chi connectivity index (χ3v) is 9.74. The number of hydrogen-bond acceptors (Lipinski definition) is 0. The first-order valence-corrected chi connectivity index (χ1v) is 24.7. The first-order valence-electron chi connectivity index (χ1n) is 24.7. The fraction of sp³-hybridized carbons (Fsp3) is 0.538. The van der Waals surface area contributed by atoms with Gasteiger partial charge in [-0.05, 0) is 162 Å². The minimum atomic E-state index is -1.25. The van der Waals surface area contributed by atoms with Crippen molar-refractivity contribution >= 4 is 0 Å². The largest absolute Gasteiger partial charge is 0.168 e. The van der Waals surface area contributed by atoms with E-state index in [4.69, 9.17) is 0 Å². The second kappa shape index (κ2) is 50.0. The highest BCUT2D eigenvalue weighted by Crippen LogP contribution is 2.31. The molecule has 65 heavy (non-hydrogen) atoms. The molecular weight excluding hydrogens is 781 g/mol. The quantitative estimate of drug-likeness (QED) is 0.0634. The van der Waals surface area contributed by atoms with Gasteiger partial charge in [-0.2, -0.15) is 0 Å². The summed E-state index contributed by atoms with van der Waals surface area (Å²) in [4.78, 5) is 0. The molecule has 0 aliphatic heterocycles. The molecule has 0 aromatic heterocycles. The molecular formula is C65H72. The van der Waals surface area contributed by atoms with Gasteiger partial charge in [0.1, 0.15) is 0 Å².